The van der Waals surface area contributed by atoms with Gasteiger partial charge in [-0.25, -0.2) is 4.98 Å². The summed E-state index contributed by atoms with van der Waals surface area (Å²) in [5.74, 6) is -0.190. The molecule has 0 spiro atoms. The highest BCUT2D eigenvalue weighted by Gasteiger charge is 2.11. The predicted octanol–water partition coefficient (Wildman–Crippen LogP) is 1.89. The first kappa shape index (κ1) is 15.3. The highest BCUT2D eigenvalue weighted by molar-refractivity contribution is 5.99. The van der Waals surface area contributed by atoms with Crippen molar-refractivity contribution in [1.82, 2.24) is 15.2 Å². The zero-order valence-electron chi connectivity index (χ0n) is 12.8. The average molecular weight is 286 g/mol. The van der Waals surface area contributed by atoms with Crippen molar-refractivity contribution >= 4 is 22.5 Å². The Balaban J connectivity index is 2.06. The van der Waals surface area contributed by atoms with Gasteiger partial charge in [-0.2, -0.15) is 0 Å². The van der Waals surface area contributed by atoms with Crippen LogP contribution in [0.15, 0.2) is 30.3 Å². The Morgan fingerprint density at radius 2 is 2.10 bits per heavy atom. The van der Waals surface area contributed by atoms with E-state index in [9.17, 15) is 4.79 Å². The molecule has 1 amide bonds. The maximum absolute atomic E-state index is 12.1. The highest BCUT2D eigenvalue weighted by atomic mass is 16.1. The van der Waals surface area contributed by atoms with Gasteiger partial charge in [0.15, 0.2) is 0 Å². The normalized spacial score (nSPS) is 11.3. The minimum absolute atomic E-state index is 0.190. The summed E-state index contributed by atoms with van der Waals surface area (Å²) in [6, 6.07) is 9.63. The van der Waals surface area contributed by atoms with E-state index in [0.717, 1.165) is 17.4 Å². The van der Waals surface area contributed by atoms with E-state index >= 15 is 0 Å². The molecule has 21 heavy (non-hydrogen) atoms. The SMILES string of the molecule is CC(C)N(C)CCNC(=O)c1cc(N)c2ccccc2n1. The molecule has 0 bridgehead atoms. The number of fused-ring (bicyclic) bond motifs is 1. The van der Waals surface area contributed by atoms with E-state index in [-0.39, 0.29) is 5.91 Å². The summed E-state index contributed by atoms with van der Waals surface area (Å²) >= 11 is 0. The van der Waals surface area contributed by atoms with Crippen LogP contribution < -0.4 is 11.1 Å². The summed E-state index contributed by atoms with van der Waals surface area (Å²) < 4.78 is 0. The van der Waals surface area contributed by atoms with E-state index in [0.29, 0.717) is 24.0 Å². The summed E-state index contributed by atoms with van der Waals surface area (Å²) in [6.07, 6.45) is 0. The Kier molecular flexibility index (Phi) is 4.75. The number of nitrogens with one attached hydrogen (secondary N) is 1. The maximum atomic E-state index is 12.1. The van der Waals surface area contributed by atoms with Crippen LogP contribution in [0, 0.1) is 0 Å². The van der Waals surface area contributed by atoms with Crippen molar-refractivity contribution in [2.75, 3.05) is 25.9 Å². The van der Waals surface area contributed by atoms with Crippen molar-refractivity contribution in [3.05, 3.63) is 36.0 Å². The molecule has 0 aliphatic heterocycles. The number of carbonyl (C=O) groups excluding carboxylic acids is 1. The molecule has 3 N–H and O–H groups in total. The van der Waals surface area contributed by atoms with E-state index in [1.54, 1.807) is 6.07 Å². The Hall–Kier alpha value is -2.14. The molecule has 0 atom stereocenters. The van der Waals surface area contributed by atoms with E-state index in [1.807, 2.05) is 31.3 Å². The number of pyridine rings is 1. The summed E-state index contributed by atoms with van der Waals surface area (Å²) in [4.78, 5) is 18.7. The minimum Gasteiger partial charge on any atom is -0.398 e. The van der Waals surface area contributed by atoms with Crippen molar-refractivity contribution in [2.45, 2.75) is 19.9 Å². The van der Waals surface area contributed by atoms with Gasteiger partial charge in [-0.1, -0.05) is 18.2 Å². The summed E-state index contributed by atoms with van der Waals surface area (Å²) in [6.45, 7) is 5.62. The number of para-hydroxylation sites is 1. The van der Waals surface area contributed by atoms with Crippen LogP contribution in [-0.2, 0) is 0 Å². The van der Waals surface area contributed by atoms with Gasteiger partial charge in [-0.15, -0.1) is 0 Å². The predicted molar refractivity (Wildman–Crippen MR) is 86.3 cm³/mol. The number of carbonyl (C=O) groups is 1. The Labute approximate surface area is 125 Å². The smallest absolute Gasteiger partial charge is 0.270 e. The third kappa shape index (κ3) is 3.70. The molecule has 5 heteroatoms. The van der Waals surface area contributed by atoms with Gasteiger partial charge >= 0.3 is 0 Å². The highest BCUT2D eigenvalue weighted by Crippen LogP contribution is 2.19. The van der Waals surface area contributed by atoms with Gasteiger partial charge in [0.05, 0.1) is 5.52 Å². The fourth-order valence-corrected chi connectivity index (χ4v) is 2.01. The minimum atomic E-state index is -0.190. The molecule has 2 aromatic rings. The third-order valence-corrected chi connectivity index (χ3v) is 3.61. The van der Waals surface area contributed by atoms with Crippen LogP contribution in [0.5, 0.6) is 0 Å². The molecule has 0 fully saturated rings. The van der Waals surface area contributed by atoms with Crippen molar-refractivity contribution in [1.29, 1.82) is 0 Å². The Morgan fingerprint density at radius 3 is 2.81 bits per heavy atom. The van der Waals surface area contributed by atoms with Crippen LogP contribution in [0.25, 0.3) is 10.9 Å². The number of rotatable bonds is 5. The van der Waals surface area contributed by atoms with Gasteiger partial charge < -0.3 is 16.0 Å². The fraction of sp³-hybridized carbons (Fsp3) is 0.375. The molecule has 0 saturated heterocycles. The molecule has 5 nitrogen and oxygen atoms in total. The van der Waals surface area contributed by atoms with Gasteiger partial charge in [0.2, 0.25) is 0 Å². The van der Waals surface area contributed by atoms with E-state index in [1.165, 1.54) is 0 Å². The number of hydrogen-bond acceptors (Lipinski definition) is 4. The molecular formula is C16H22N4O. The van der Waals surface area contributed by atoms with E-state index in [2.05, 4.69) is 29.0 Å². The van der Waals surface area contributed by atoms with E-state index in [4.69, 9.17) is 5.73 Å². The van der Waals surface area contributed by atoms with Crippen LogP contribution >= 0.6 is 0 Å². The van der Waals surface area contributed by atoms with Crippen LogP contribution in [-0.4, -0.2) is 42.0 Å². The van der Waals surface area contributed by atoms with Crippen molar-refractivity contribution < 1.29 is 4.79 Å². The summed E-state index contributed by atoms with van der Waals surface area (Å²) in [5, 5.41) is 3.75. The number of aromatic nitrogens is 1. The van der Waals surface area contributed by atoms with Crippen LogP contribution in [0.3, 0.4) is 0 Å². The van der Waals surface area contributed by atoms with Crippen LogP contribution in [0.1, 0.15) is 24.3 Å². The van der Waals surface area contributed by atoms with Gasteiger partial charge in [-0.05, 0) is 33.0 Å². The second-order valence-corrected chi connectivity index (χ2v) is 5.44. The molecule has 1 heterocycles. The molecule has 0 radical (unpaired) electrons. The number of likely N-dealkylation sites (N-methyl/N-ethyl adjacent to an activating group) is 1. The van der Waals surface area contributed by atoms with Gasteiger partial charge in [0.25, 0.3) is 5.91 Å². The number of nitrogens with zero attached hydrogens (tertiary/aromatic N) is 2. The zero-order valence-corrected chi connectivity index (χ0v) is 12.8. The first-order valence-electron chi connectivity index (χ1n) is 7.12. The van der Waals surface area contributed by atoms with Gasteiger partial charge in [-0.3, -0.25) is 4.79 Å². The lowest BCUT2D eigenvalue weighted by atomic mass is 10.1. The lowest BCUT2D eigenvalue weighted by molar-refractivity contribution is 0.0943. The standard InChI is InChI=1S/C16H22N4O/c1-11(2)20(3)9-8-18-16(21)15-10-13(17)12-6-4-5-7-14(12)19-15/h4-7,10-11H,8-9H2,1-3H3,(H2,17,19)(H,18,21). The molecular weight excluding hydrogens is 264 g/mol. The lowest BCUT2D eigenvalue weighted by Crippen LogP contribution is -2.36. The molecule has 0 aliphatic carbocycles. The average Bonchev–Trinajstić information content (AvgIpc) is 2.46. The molecule has 2 rings (SSSR count). The fourth-order valence-electron chi connectivity index (χ4n) is 2.01. The second kappa shape index (κ2) is 6.54. The maximum Gasteiger partial charge on any atom is 0.270 e. The number of nitrogen functional groups attached to an aromatic ring is 1. The first-order chi connectivity index (χ1) is 9.99. The zero-order chi connectivity index (χ0) is 15.4. The van der Waals surface area contributed by atoms with Crippen molar-refractivity contribution in [2.24, 2.45) is 0 Å². The Bertz CT molecular complexity index is 639. The molecule has 112 valence electrons. The molecule has 1 aromatic heterocycles. The summed E-state index contributed by atoms with van der Waals surface area (Å²) in [7, 11) is 2.03. The molecule has 0 saturated carbocycles. The quantitative estimate of drug-likeness (QED) is 0.880. The van der Waals surface area contributed by atoms with Crippen LogP contribution in [0.2, 0.25) is 0 Å². The largest absolute Gasteiger partial charge is 0.398 e. The monoisotopic (exact) mass is 286 g/mol. The van der Waals surface area contributed by atoms with E-state index < -0.39 is 0 Å². The van der Waals surface area contributed by atoms with Gasteiger partial charge in [0.1, 0.15) is 5.69 Å². The molecule has 0 aliphatic rings. The topological polar surface area (TPSA) is 71.2 Å². The number of anilines is 1. The number of hydrogen-bond donors (Lipinski definition) is 2. The molecule has 1 aromatic carbocycles. The van der Waals surface area contributed by atoms with Crippen molar-refractivity contribution in [3.8, 4) is 0 Å². The summed E-state index contributed by atoms with van der Waals surface area (Å²) in [5.41, 5.74) is 7.65. The number of amides is 1. The number of nitrogens with two attached hydrogens (primary N) is 1. The third-order valence-electron chi connectivity index (χ3n) is 3.61. The first-order valence-corrected chi connectivity index (χ1v) is 7.12. The second-order valence-electron chi connectivity index (χ2n) is 5.44. The van der Waals surface area contributed by atoms with Gasteiger partial charge in [0, 0.05) is 30.2 Å². The number of benzene rings is 1. The molecule has 0 unspecified atom stereocenters. The van der Waals surface area contributed by atoms with Crippen molar-refractivity contribution in [3.63, 3.8) is 0 Å². The Morgan fingerprint density at radius 1 is 1.38 bits per heavy atom. The van der Waals surface area contributed by atoms with Crippen LogP contribution in [0.4, 0.5) is 5.69 Å². The lowest BCUT2D eigenvalue weighted by Gasteiger charge is -2.20.